The highest BCUT2D eigenvalue weighted by Gasteiger charge is 2.37. The van der Waals surface area contributed by atoms with Crippen molar-refractivity contribution < 1.29 is 17.6 Å². The highest BCUT2D eigenvalue weighted by molar-refractivity contribution is 7.87. The second-order valence-electron chi connectivity index (χ2n) is 6.27. The molecule has 3 rings (SSSR count). The Labute approximate surface area is 162 Å². The van der Waals surface area contributed by atoms with Gasteiger partial charge < -0.3 is 5.32 Å². The molecule has 0 unspecified atom stereocenters. The summed E-state index contributed by atoms with van der Waals surface area (Å²) in [5.41, 5.74) is 1.65. The van der Waals surface area contributed by atoms with E-state index >= 15 is 0 Å². The molecule has 1 fully saturated rings. The minimum absolute atomic E-state index is 0.0689. The fourth-order valence-electron chi connectivity index (χ4n) is 2.83. The lowest BCUT2D eigenvalue weighted by Gasteiger charge is -2.19. The van der Waals surface area contributed by atoms with Crippen molar-refractivity contribution in [3.05, 3.63) is 64.4 Å². The molecular formula is C18H19ClFN3O3S. The number of halogens is 2. The molecule has 0 spiro atoms. The first kappa shape index (κ1) is 19.8. The Hall–Kier alpha value is -2.00. The van der Waals surface area contributed by atoms with E-state index in [0.29, 0.717) is 16.3 Å². The van der Waals surface area contributed by atoms with Gasteiger partial charge in [0.15, 0.2) is 0 Å². The summed E-state index contributed by atoms with van der Waals surface area (Å²) >= 11 is 5.93. The molecule has 2 aromatic rings. The molecule has 1 amide bonds. The van der Waals surface area contributed by atoms with Crippen molar-refractivity contribution in [2.45, 2.75) is 13.5 Å². The van der Waals surface area contributed by atoms with E-state index in [2.05, 4.69) is 5.32 Å². The normalized spacial score (nSPS) is 17.1. The number of benzene rings is 2. The zero-order valence-electron chi connectivity index (χ0n) is 14.7. The molecule has 0 atom stereocenters. The number of hydrogen-bond acceptors (Lipinski definition) is 3. The number of carbonyl (C=O) groups is 1. The molecule has 1 aliphatic rings. The Morgan fingerprint density at radius 1 is 1.19 bits per heavy atom. The van der Waals surface area contributed by atoms with Gasteiger partial charge in [-0.2, -0.15) is 17.0 Å². The van der Waals surface area contributed by atoms with E-state index in [1.165, 1.54) is 10.4 Å². The van der Waals surface area contributed by atoms with Gasteiger partial charge in [-0.15, -0.1) is 0 Å². The topological polar surface area (TPSA) is 69.7 Å². The van der Waals surface area contributed by atoms with E-state index in [4.69, 9.17) is 11.6 Å². The summed E-state index contributed by atoms with van der Waals surface area (Å²) in [7, 11) is -3.84. The summed E-state index contributed by atoms with van der Waals surface area (Å²) in [6.45, 7) is 1.79. The Balaban J connectivity index is 1.67. The van der Waals surface area contributed by atoms with E-state index < -0.39 is 21.9 Å². The van der Waals surface area contributed by atoms with Gasteiger partial charge in [-0.3, -0.25) is 4.79 Å². The molecule has 9 heteroatoms. The number of nitrogens with one attached hydrogen (secondary N) is 1. The third kappa shape index (κ3) is 4.47. The maximum atomic E-state index is 13.8. The molecule has 27 heavy (non-hydrogen) atoms. The van der Waals surface area contributed by atoms with Gasteiger partial charge >= 0.3 is 0 Å². The highest BCUT2D eigenvalue weighted by atomic mass is 35.5. The number of rotatable bonds is 5. The highest BCUT2D eigenvalue weighted by Crippen LogP contribution is 2.22. The van der Waals surface area contributed by atoms with Gasteiger partial charge in [0.05, 0.1) is 6.54 Å². The summed E-state index contributed by atoms with van der Waals surface area (Å²) in [5, 5.41) is 3.15. The zero-order chi connectivity index (χ0) is 19.6. The summed E-state index contributed by atoms with van der Waals surface area (Å²) < 4.78 is 41.4. The summed E-state index contributed by atoms with van der Waals surface area (Å²) in [6, 6.07) is 11.1. The standard InChI is InChI=1S/C18H19ClFN3O3S/c1-13-6-7-15(19)10-17(13)21-18(24)12-23-9-8-22(27(23,25)26)11-14-4-2-3-5-16(14)20/h2-7,10H,8-9,11-12H2,1H3,(H,21,24). The fourth-order valence-corrected chi connectivity index (χ4v) is 4.54. The molecule has 0 bridgehead atoms. The molecule has 2 aromatic carbocycles. The van der Waals surface area contributed by atoms with Crippen molar-refractivity contribution in [3.63, 3.8) is 0 Å². The molecule has 0 radical (unpaired) electrons. The average Bonchev–Trinajstić information content (AvgIpc) is 2.87. The van der Waals surface area contributed by atoms with Crippen molar-refractivity contribution in [2.24, 2.45) is 0 Å². The van der Waals surface area contributed by atoms with Gasteiger partial charge in [-0.1, -0.05) is 35.9 Å². The lowest BCUT2D eigenvalue weighted by molar-refractivity contribution is -0.116. The number of nitrogens with zero attached hydrogens (tertiary/aromatic N) is 2. The molecule has 1 N–H and O–H groups in total. The Bertz CT molecular complexity index is 968. The summed E-state index contributed by atoms with van der Waals surface area (Å²) in [4.78, 5) is 12.3. The number of anilines is 1. The first-order valence-electron chi connectivity index (χ1n) is 8.32. The van der Waals surface area contributed by atoms with Gasteiger partial charge in [-0.25, -0.2) is 4.39 Å². The lowest BCUT2D eigenvalue weighted by atomic mass is 10.2. The number of carbonyl (C=O) groups excluding carboxylic acids is 1. The largest absolute Gasteiger partial charge is 0.325 e. The minimum atomic E-state index is -3.84. The van der Waals surface area contributed by atoms with E-state index in [-0.39, 0.29) is 26.2 Å². The predicted molar refractivity (Wildman–Crippen MR) is 102 cm³/mol. The molecule has 0 aliphatic carbocycles. The predicted octanol–water partition coefficient (Wildman–Crippen LogP) is 2.79. The molecule has 1 aliphatic heterocycles. The van der Waals surface area contributed by atoms with Gasteiger partial charge in [0.2, 0.25) is 5.91 Å². The maximum absolute atomic E-state index is 13.8. The second-order valence-corrected chi connectivity index (χ2v) is 8.64. The van der Waals surface area contributed by atoms with Gasteiger partial charge in [0.1, 0.15) is 5.82 Å². The van der Waals surface area contributed by atoms with Crippen molar-refractivity contribution in [1.29, 1.82) is 0 Å². The van der Waals surface area contributed by atoms with Crippen molar-refractivity contribution in [2.75, 3.05) is 25.0 Å². The first-order chi connectivity index (χ1) is 12.8. The van der Waals surface area contributed by atoms with Crippen LogP contribution >= 0.6 is 11.6 Å². The Kier molecular flexibility index (Phi) is 5.81. The quantitative estimate of drug-likeness (QED) is 0.822. The van der Waals surface area contributed by atoms with Crippen LogP contribution in [-0.4, -0.2) is 42.6 Å². The van der Waals surface area contributed by atoms with Crippen LogP contribution < -0.4 is 5.32 Å². The second kappa shape index (κ2) is 7.93. The van der Waals surface area contributed by atoms with E-state index in [1.807, 2.05) is 6.92 Å². The van der Waals surface area contributed by atoms with Crippen LogP contribution in [0.5, 0.6) is 0 Å². The Morgan fingerprint density at radius 2 is 1.89 bits per heavy atom. The molecule has 1 heterocycles. The van der Waals surface area contributed by atoms with Crippen molar-refractivity contribution >= 4 is 33.4 Å². The first-order valence-corrected chi connectivity index (χ1v) is 10.1. The van der Waals surface area contributed by atoms with Crippen LogP contribution in [-0.2, 0) is 21.5 Å². The molecule has 6 nitrogen and oxygen atoms in total. The average molecular weight is 412 g/mol. The van der Waals surface area contributed by atoms with E-state index in [9.17, 15) is 17.6 Å². The number of hydrogen-bond donors (Lipinski definition) is 1. The van der Waals surface area contributed by atoms with Crippen LogP contribution in [0, 0.1) is 12.7 Å². The van der Waals surface area contributed by atoms with Gasteiger partial charge in [-0.05, 0) is 30.7 Å². The fraction of sp³-hybridized carbons (Fsp3) is 0.278. The van der Waals surface area contributed by atoms with E-state index in [0.717, 1.165) is 9.87 Å². The summed E-state index contributed by atoms with van der Waals surface area (Å²) in [5.74, 6) is -0.919. The number of amides is 1. The molecule has 0 aromatic heterocycles. The van der Waals surface area contributed by atoms with Crippen LogP contribution in [0.25, 0.3) is 0 Å². The Morgan fingerprint density at radius 3 is 2.63 bits per heavy atom. The third-order valence-corrected chi connectivity index (χ3v) is 6.51. The SMILES string of the molecule is Cc1ccc(Cl)cc1NC(=O)CN1CCN(Cc2ccccc2F)S1(=O)=O. The van der Waals surface area contributed by atoms with Crippen LogP contribution in [0.15, 0.2) is 42.5 Å². The summed E-state index contributed by atoms with van der Waals surface area (Å²) in [6.07, 6.45) is 0. The third-order valence-electron chi connectivity index (χ3n) is 4.35. The molecule has 1 saturated heterocycles. The van der Waals surface area contributed by atoms with Crippen LogP contribution in [0.1, 0.15) is 11.1 Å². The lowest BCUT2D eigenvalue weighted by Crippen LogP contribution is -2.38. The van der Waals surface area contributed by atoms with E-state index in [1.54, 1.807) is 36.4 Å². The zero-order valence-corrected chi connectivity index (χ0v) is 16.2. The minimum Gasteiger partial charge on any atom is -0.325 e. The van der Waals surface area contributed by atoms with Crippen molar-refractivity contribution in [1.82, 2.24) is 8.61 Å². The number of aryl methyl sites for hydroxylation is 1. The van der Waals surface area contributed by atoms with Gasteiger partial charge in [0, 0.05) is 35.9 Å². The van der Waals surface area contributed by atoms with Crippen LogP contribution in [0.4, 0.5) is 10.1 Å². The smallest absolute Gasteiger partial charge is 0.282 e. The van der Waals surface area contributed by atoms with Crippen LogP contribution in [0.3, 0.4) is 0 Å². The molecule has 144 valence electrons. The molecule has 0 saturated carbocycles. The van der Waals surface area contributed by atoms with Crippen LogP contribution in [0.2, 0.25) is 5.02 Å². The van der Waals surface area contributed by atoms with Crippen molar-refractivity contribution in [3.8, 4) is 0 Å². The molecular weight excluding hydrogens is 393 g/mol. The van der Waals surface area contributed by atoms with Gasteiger partial charge in [0.25, 0.3) is 10.2 Å². The maximum Gasteiger partial charge on any atom is 0.282 e. The monoisotopic (exact) mass is 411 g/mol.